The highest BCUT2D eigenvalue weighted by Crippen LogP contribution is 2.16. The van der Waals surface area contributed by atoms with Crippen molar-refractivity contribution in [2.45, 2.75) is 6.42 Å². The lowest BCUT2D eigenvalue weighted by molar-refractivity contribution is -0.118. The van der Waals surface area contributed by atoms with Gasteiger partial charge in [-0.1, -0.05) is 12.1 Å². The molecule has 3 aromatic carbocycles. The number of nitrogens with one attached hydrogen (secondary N) is 1. The third-order valence-corrected chi connectivity index (χ3v) is 4.11. The second-order valence-corrected chi connectivity index (χ2v) is 6.23. The lowest BCUT2D eigenvalue weighted by atomic mass is 10.0. The van der Waals surface area contributed by atoms with Crippen LogP contribution in [0.3, 0.4) is 0 Å². The van der Waals surface area contributed by atoms with Gasteiger partial charge < -0.3 is 10.1 Å². The number of nitrogens with zero attached hydrogens (tertiary/aromatic N) is 1. The number of hydrogen-bond acceptors (Lipinski definition) is 4. The van der Waals surface area contributed by atoms with E-state index in [1.807, 2.05) is 0 Å². The van der Waals surface area contributed by atoms with Gasteiger partial charge >= 0.3 is 0 Å². The summed E-state index contributed by atoms with van der Waals surface area (Å²) < 4.78 is 18.4. The first-order valence-electron chi connectivity index (χ1n) is 8.84. The van der Waals surface area contributed by atoms with Gasteiger partial charge in [-0.15, -0.1) is 0 Å². The third kappa shape index (κ3) is 5.50. The monoisotopic (exact) mass is 388 g/mol. The van der Waals surface area contributed by atoms with Crippen LogP contribution >= 0.6 is 0 Å². The van der Waals surface area contributed by atoms with E-state index in [4.69, 9.17) is 10.00 Å². The van der Waals surface area contributed by atoms with Crippen molar-refractivity contribution >= 4 is 17.4 Å². The maximum atomic E-state index is 13.0. The number of hydrogen-bond donors (Lipinski definition) is 1. The number of carbonyl (C=O) groups is 2. The molecule has 6 heteroatoms. The van der Waals surface area contributed by atoms with Gasteiger partial charge in [0.15, 0.2) is 12.4 Å². The molecule has 0 atom stereocenters. The van der Waals surface area contributed by atoms with Crippen LogP contribution in [0.25, 0.3) is 0 Å². The Morgan fingerprint density at radius 1 is 0.897 bits per heavy atom. The van der Waals surface area contributed by atoms with Crippen LogP contribution in [0.15, 0.2) is 72.8 Å². The highest BCUT2D eigenvalue weighted by Gasteiger charge is 2.10. The molecule has 0 aliphatic carbocycles. The molecular formula is C23H17FN2O3. The number of anilines is 1. The van der Waals surface area contributed by atoms with Crippen molar-refractivity contribution in [3.8, 4) is 11.8 Å². The van der Waals surface area contributed by atoms with Crippen LogP contribution in [0.1, 0.15) is 21.5 Å². The lowest BCUT2D eigenvalue weighted by Crippen LogP contribution is -2.20. The summed E-state index contributed by atoms with van der Waals surface area (Å²) in [6.45, 7) is -0.189. The predicted molar refractivity (Wildman–Crippen MR) is 106 cm³/mol. The Balaban J connectivity index is 1.53. The average molecular weight is 388 g/mol. The summed E-state index contributed by atoms with van der Waals surface area (Å²) >= 11 is 0. The van der Waals surface area contributed by atoms with Crippen molar-refractivity contribution in [1.29, 1.82) is 5.26 Å². The van der Waals surface area contributed by atoms with E-state index in [1.54, 1.807) is 48.5 Å². The molecule has 1 N–H and O–H groups in total. The van der Waals surface area contributed by atoms with Gasteiger partial charge in [-0.05, 0) is 66.2 Å². The predicted octanol–water partition coefficient (Wildman–Crippen LogP) is 4.14. The zero-order valence-corrected chi connectivity index (χ0v) is 15.4. The maximum Gasteiger partial charge on any atom is 0.262 e. The molecule has 3 rings (SSSR count). The van der Waals surface area contributed by atoms with Crippen molar-refractivity contribution in [2.24, 2.45) is 0 Å². The number of rotatable bonds is 7. The minimum Gasteiger partial charge on any atom is -0.484 e. The molecule has 0 saturated carbocycles. The molecule has 0 aliphatic heterocycles. The summed E-state index contributed by atoms with van der Waals surface area (Å²) in [7, 11) is 0. The number of nitriles is 1. The maximum absolute atomic E-state index is 13.0. The summed E-state index contributed by atoms with van der Waals surface area (Å²) in [5.41, 5.74) is 2.31. The molecule has 0 aromatic heterocycles. The highest BCUT2D eigenvalue weighted by molar-refractivity contribution is 6.09. The first-order chi connectivity index (χ1) is 14.0. The van der Waals surface area contributed by atoms with Gasteiger partial charge in [0.1, 0.15) is 11.6 Å². The summed E-state index contributed by atoms with van der Waals surface area (Å²) in [6, 6.07) is 20.8. The topological polar surface area (TPSA) is 79.2 Å². The fourth-order valence-corrected chi connectivity index (χ4v) is 2.61. The van der Waals surface area contributed by atoms with E-state index >= 15 is 0 Å². The summed E-state index contributed by atoms with van der Waals surface area (Å²) in [5, 5.41) is 11.4. The smallest absolute Gasteiger partial charge is 0.262 e. The van der Waals surface area contributed by atoms with Crippen molar-refractivity contribution in [3.05, 3.63) is 95.3 Å². The standard InChI is InChI=1S/C23H17FN2O3/c24-19-7-3-17(4-8-19)23(28)18-5-11-21(12-6-18)29-15-22(27)26-20-9-1-16(2-10-20)13-14-25/h1-12H,13,15H2,(H,26,27). The summed E-state index contributed by atoms with van der Waals surface area (Å²) in [6.07, 6.45) is 0.316. The molecule has 0 radical (unpaired) electrons. The van der Waals surface area contributed by atoms with E-state index in [1.165, 1.54) is 24.3 Å². The molecule has 144 valence electrons. The highest BCUT2D eigenvalue weighted by atomic mass is 19.1. The Bertz CT molecular complexity index is 1040. The van der Waals surface area contributed by atoms with Gasteiger partial charge in [0.25, 0.3) is 5.91 Å². The van der Waals surface area contributed by atoms with Crippen LogP contribution in [0.5, 0.6) is 5.75 Å². The molecule has 0 unspecified atom stereocenters. The fraction of sp³-hybridized carbons (Fsp3) is 0.0870. The number of ketones is 1. The van der Waals surface area contributed by atoms with Crippen molar-refractivity contribution in [3.63, 3.8) is 0 Å². The quantitative estimate of drug-likeness (QED) is 0.617. The van der Waals surface area contributed by atoms with E-state index < -0.39 is 5.82 Å². The number of halogens is 1. The molecule has 3 aromatic rings. The van der Waals surface area contributed by atoms with E-state index in [0.717, 1.165) is 5.56 Å². The Labute approximate surface area is 167 Å². The van der Waals surface area contributed by atoms with E-state index in [-0.39, 0.29) is 18.3 Å². The summed E-state index contributed by atoms with van der Waals surface area (Å²) in [5.74, 6) is -0.513. The molecule has 0 heterocycles. The van der Waals surface area contributed by atoms with Crippen LogP contribution in [-0.4, -0.2) is 18.3 Å². The normalized spacial score (nSPS) is 10.1. The molecule has 5 nitrogen and oxygen atoms in total. The SMILES string of the molecule is N#CCc1ccc(NC(=O)COc2ccc(C(=O)c3ccc(F)cc3)cc2)cc1. The number of benzene rings is 3. The summed E-state index contributed by atoms with van der Waals surface area (Å²) in [4.78, 5) is 24.4. The Hall–Kier alpha value is -3.98. The van der Waals surface area contributed by atoms with Crippen LogP contribution in [0, 0.1) is 17.1 Å². The zero-order valence-electron chi connectivity index (χ0n) is 15.4. The molecule has 0 aliphatic rings. The van der Waals surface area contributed by atoms with E-state index in [2.05, 4.69) is 11.4 Å². The van der Waals surface area contributed by atoms with Gasteiger partial charge in [0, 0.05) is 16.8 Å². The fourth-order valence-electron chi connectivity index (χ4n) is 2.61. The lowest BCUT2D eigenvalue weighted by Gasteiger charge is -2.08. The second kappa shape index (κ2) is 9.29. The first-order valence-corrected chi connectivity index (χ1v) is 8.84. The van der Waals surface area contributed by atoms with Gasteiger partial charge in [0.05, 0.1) is 12.5 Å². The molecule has 0 spiro atoms. The molecular weight excluding hydrogens is 371 g/mol. The van der Waals surface area contributed by atoms with Gasteiger partial charge in [-0.3, -0.25) is 9.59 Å². The van der Waals surface area contributed by atoms with Crippen LogP contribution in [0.4, 0.5) is 10.1 Å². The molecule has 1 amide bonds. The van der Waals surface area contributed by atoms with Crippen molar-refractivity contribution in [1.82, 2.24) is 0 Å². The van der Waals surface area contributed by atoms with Crippen molar-refractivity contribution < 1.29 is 18.7 Å². The number of amides is 1. The van der Waals surface area contributed by atoms with Crippen LogP contribution < -0.4 is 10.1 Å². The second-order valence-electron chi connectivity index (χ2n) is 6.23. The van der Waals surface area contributed by atoms with Gasteiger partial charge in [-0.2, -0.15) is 5.26 Å². The zero-order chi connectivity index (χ0) is 20.6. The number of carbonyl (C=O) groups excluding carboxylic acids is 2. The van der Waals surface area contributed by atoms with E-state index in [9.17, 15) is 14.0 Å². The molecule has 29 heavy (non-hydrogen) atoms. The minimum atomic E-state index is -0.401. The molecule has 0 fully saturated rings. The van der Waals surface area contributed by atoms with Crippen LogP contribution in [0.2, 0.25) is 0 Å². The minimum absolute atomic E-state index is 0.189. The third-order valence-electron chi connectivity index (χ3n) is 4.11. The van der Waals surface area contributed by atoms with Gasteiger partial charge in [-0.25, -0.2) is 4.39 Å². The Morgan fingerprint density at radius 2 is 1.48 bits per heavy atom. The van der Waals surface area contributed by atoms with E-state index in [0.29, 0.717) is 29.0 Å². The Kier molecular flexibility index (Phi) is 6.33. The molecule has 0 bridgehead atoms. The average Bonchev–Trinajstić information content (AvgIpc) is 2.74. The van der Waals surface area contributed by atoms with Crippen LogP contribution in [-0.2, 0) is 11.2 Å². The van der Waals surface area contributed by atoms with Crippen molar-refractivity contribution in [2.75, 3.05) is 11.9 Å². The first kappa shape index (κ1) is 19.8. The largest absolute Gasteiger partial charge is 0.484 e. The number of ether oxygens (including phenoxy) is 1. The Morgan fingerprint density at radius 3 is 2.07 bits per heavy atom. The van der Waals surface area contributed by atoms with Gasteiger partial charge in [0.2, 0.25) is 0 Å². The molecule has 0 saturated heterocycles.